The fourth-order valence-electron chi connectivity index (χ4n) is 2.67. The monoisotopic (exact) mass is 344 g/mol. The second-order valence-electron chi connectivity index (χ2n) is 5.61. The van der Waals surface area contributed by atoms with Crippen LogP contribution in [0, 0.1) is 0 Å². The van der Waals surface area contributed by atoms with Gasteiger partial charge in [-0.05, 0) is 30.3 Å². The molecule has 4 aromatic rings. The normalized spacial score (nSPS) is 10.7. The van der Waals surface area contributed by atoms with E-state index in [-0.39, 0.29) is 0 Å². The van der Waals surface area contributed by atoms with Crippen LogP contribution in [0.25, 0.3) is 34.0 Å². The van der Waals surface area contributed by atoms with Crippen LogP contribution in [0.5, 0.6) is 5.75 Å². The Morgan fingerprint density at radius 2 is 1.73 bits per heavy atom. The van der Waals surface area contributed by atoms with Crippen LogP contribution in [0.4, 0.5) is 5.82 Å². The van der Waals surface area contributed by atoms with Crippen molar-refractivity contribution in [2.24, 2.45) is 0 Å². The second-order valence-corrected chi connectivity index (χ2v) is 5.61. The number of oxazole rings is 1. The van der Waals surface area contributed by atoms with Gasteiger partial charge < -0.3 is 14.9 Å². The Bertz CT molecular complexity index is 1030. The summed E-state index contributed by atoms with van der Waals surface area (Å²) < 4.78 is 11.4. The zero-order valence-corrected chi connectivity index (χ0v) is 14.1. The van der Waals surface area contributed by atoms with Gasteiger partial charge in [0.05, 0.1) is 7.11 Å². The maximum absolute atomic E-state index is 6.11. The molecule has 0 atom stereocenters. The van der Waals surface area contributed by atoms with Gasteiger partial charge in [0.2, 0.25) is 5.89 Å². The number of nitrogen functional groups attached to an aromatic ring is 1. The van der Waals surface area contributed by atoms with E-state index < -0.39 is 0 Å². The molecule has 0 unspecified atom stereocenters. The largest absolute Gasteiger partial charge is 0.493 e. The Balaban J connectivity index is 1.91. The highest BCUT2D eigenvalue weighted by atomic mass is 16.5. The number of anilines is 1. The van der Waals surface area contributed by atoms with Gasteiger partial charge in [-0.2, -0.15) is 0 Å². The molecule has 6 nitrogen and oxygen atoms in total. The molecule has 2 N–H and O–H groups in total. The summed E-state index contributed by atoms with van der Waals surface area (Å²) in [7, 11) is 1.55. The molecule has 26 heavy (non-hydrogen) atoms. The Hall–Kier alpha value is -3.67. The molecule has 0 spiro atoms. The summed E-state index contributed by atoms with van der Waals surface area (Å²) in [5.74, 6) is 1.94. The minimum Gasteiger partial charge on any atom is -0.493 e. The van der Waals surface area contributed by atoms with E-state index in [2.05, 4.69) is 9.97 Å². The SMILES string of the molecule is COc1cc(-c2oc(-c3ccccc3)nc2-c2ccncc2)cnc1N. The first-order valence-corrected chi connectivity index (χ1v) is 8.03. The molecular formula is C20H16N4O2. The van der Waals surface area contributed by atoms with Crippen molar-refractivity contribution < 1.29 is 9.15 Å². The van der Waals surface area contributed by atoms with Crippen molar-refractivity contribution in [3.05, 3.63) is 67.1 Å². The van der Waals surface area contributed by atoms with Gasteiger partial charge in [-0.3, -0.25) is 4.98 Å². The van der Waals surface area contributed by atoms with Crippen LogP contribution in [0.15, 0.2) is 71.5 Å². The van der Waals surface area contributed by atoms with Gasteiger partial charge in [0.1, 0.15) is 5.69 Å². The minimum atomic E-state index is 0.324. The molecule has 0 aliphatic rings. The fraction of sp³-hybridized carbons (Fsp3) is 0.0500. The zero-order valence-electron chi connectivity index (χ0n) is 14.1. The molecule has 0 aliphatic heterocycles. The lowest BCUT2D eigenvalue weighted by Crippen LogP contribution is -1.96. The Kier molecular flexibility index (Phi) is 4.07. The number of pyridine rings is 2. The van der Waals surface area contributed by atoms with Crippen LogP contribution >= 0.6 is 0 Å². The highest BCUT2D eigenvalue weighted by Gasteiger charge is 2.19. The third-order valence-corrected chi connectivity index (χ3v) is 3.97. The van der Waals surface area contributed by atoms with E-state index in [9.17, 15) is 0 Å². The Labute approximate surface area is 150 Å². The number of methoxy groups -OCH3 is 1. The highest BCUT2D eigenvalue weighted by Crippen LogP contribution is 2.37. The molecule has 0 aliphatic carbocycles. The van der Waals surface area contributed by atoms with Crippen molar-refractivity contribution in [1.29, 1.82) is 0 Å². The summed E-state index contributed by atoms with van der Waals surface area (Å²) in [6.45, 7) is 0. The van der Waals surface area contributed by atoms with Crippen molar-refractivity contribution in [2.75, 3.05) is 12.8 Å². The fourth-order valence-corrected chi connectivity index (χ4v) is 2.67. The Morgan fingerprint density at radius 1 is 0.962 bits per heavy atom. The molecule has 1 aromatic carbocycles. The molecule has 3 heterocycles. The molecule has 128 valence electrons. The van der Waals surface area contributed by atoms with Crippen molar-refractivity contribution in [3.63, 3.8) is 0 Å². The average molecular weight is 344 g/mol. The lowest BCUT2D eigenvalue weighted by molar-refractivity contribution is 0.415. The van der Waals surface area contributed by atoms with E-state index in [1.807, 2.05) is 42.5 Å². The zero-order chi connectivity index (χ0) is 17.9. The summed E-state index contributed by atoms with van der Waals surface area (Å²) >= 11 is 0. The van der Waals surface area contributed by atoms with Gasteiger partial charge in [0.25, 0.3) is 0 Å². The molecule has 3 aromatic heterocycles. The average Bonchev–Trinajstić information content (AvgIpc) is 3.15. The molecule has 6 heteroatoms. The third kappa shape index (κ3) is 2.88. The Morgan fingerprint density at radius 3 is 2.46 bits per heavy atom. The van der Waals surface area contributed by atoms with Crippen molar-refractivity contribution in [3.8, 4) is 39.8 Å². The molecule has 0 saturated carbocycles. The number of hydrogen-bond donors (Lipinski definition) is 1. The van der Waals surface area contributed by atoms with Crippen LogP contribution in [0.1, 0.15) is 0 Å². The summed E-state index contributed by atoms with van der Waals surface area (Å²) in [4.78, 5) is 13.0. The number of benzene rings is 1. The van der Waals surface area contributed by atoms with Crippen molar-refractivity contribution >= 4 is 5.82 Å². The smallest absolute Gasteiger partial charge is 0.227 e. The van der Waals surface area contributed by atoms with E-state index in [0.29, 0.717) is 28.9 Å². The molecule has 4 rings (SSSR count). The predicted molar refractivity (Wildman–Crippen MR) is 99.4 cm³/mol. The van der Waals surface area contributed by atoms with Crippen LogP contribution in [-0.4, -0.2) is 22.1 Å². The standard InChI is InChI=1S/C20H16N4O2/c1-25-16-11-15(12-23-19(16)21)18-17(13-7-9-22-10-8-13)24-20(26-18)14-5-3-2-4-6-14/h2-12H,1H3,(H2,21,23). The quantitative estimate of drug-likeness (QED) is 0.601. The van der Waals surface area contributed by atoms with Gasteiger partial charge >= 0.3 is 0 Å². The number of rotatable bonds is 4. The molecule has 0 radical (unpaired) electrons. The molecule has 0 fully saturated rings. The second kappa shape index (κ2) is 6.68. The molecule has 0 amide bonds. The predicted octanol–water partition coefficient (Wildman–Crippen LogP) is 4.06. The topological polar surface area (TPSA) is 87.1 Å². The van der Waals surface area contributed by atoms with Gasteiger partial charge in [0, 0.05) is 35.3 Å². The van der Waals surface area contributed by atoms with Gasteiger partial charge in [0.15, 0.2) is 17.3 Å². The van der Waals surface area contributed by atoms with E-state index in [0.717, 1.165) is 16.7 Å². The van der Waals surface area contributed by atoms with Crippen LogP contribution in [0.2, 0.25) is 0 Å². The number of ether oxygens (including phenoxy) is 1. The minimum absolute atomic E-state index is 0.324. The van der Waals surface area contributed by atoms with Gasteiger partial charge in [-0.15, -0.1) is 0 Å². The molecular weight excluding hydrogens is 328 g/mol. The van der Waals surface area contributed by atoms with Gasteiger partial charge in [-0.1, -0.05) is 18.2 Å². The number of nitrogens with zero attached hydrogens (tertiary/aromatic N) is 3. The first kappa shape index (κ1) is 15.8. The highest BCUT2D eigenvalue weighted by molar-refractivity contribution is 5.79. The van der Waals surface area contributed by atoms with E-state index >= 15 is 0 Å². The first-order chi connectivity index (χ1) is 12.8. The number of aromatic nitrogens is 3. The summed E-state index contributed by atoms with van der Waals surface area (Å²) in [6.07, 6.45) is 5.09. The number of nitrogens with two attached hydrogens (primary N) is 1. The summed E-state index contributed by atoms with van der Waals surface area (Å²) in [5, 5.41) is 0. The lowest BCUT2D eigenvalue weighted by Gasteiger charge is -2.06. The maximum atomic E-state index is 6.11. The molecule has 0 saturated heterocycles. The van der Waals surface area contributed by atoms with E-state index in [4.69, 9.17) is 19.9 Å². The van der Waals surface area contributed by atoms with E-state index in [1.165, 1.54) is 0 Å². The third-order valence-electron chi connectivity index (χ3n) is 3.97. The van der Waals surface area contributed by atoms with Crippen LogP contribution in [0.3, 0.4) is 0 Å². The van der Waals surface area contributed by atoms with Crippen LogP contribution in [-0.2, 0) is 0 Å². The van der Waals surface area contributed by atoms with E-state index in [1.54, 1.807) is 31.8 Å². The lowest BCUT2D eigenvalue weighted by atomic mass is 10.1. The number of hydrogen-bond acceptors (Lipinski definition) is 6. The van der Waals surface area contributed by atoms with Crippen LogP contribution < -0.4 is 10.5 Å². The van der Waals surface area contributed by atoms with Gasteiger partial charge in [-0.25, -0.2) is 9.97 Å². The van der Waals surface area contributed by atoms with Crippen molar-refractivity contribution in [2.45, 2.75) is 0 Å². The maximum Gasteiger partial charge on any atom is 0.227 e. The summed E-state index contributed by atoms with van der Waals surface area (Å²) in [5.41, 5.74) is 9.07. The first-order valence-electron chi connectivity index (χ1n) is 8.03. The van der Waals surface area contributed by atoms with Crippen molar-refractivity contribution in [1.82, 2.24) is 15.0 Å². The molecule has 0 bridgehead atoms. The summed E-state index contributed by atoms with van der Waals surface area (Å²) in [6, 6.07) is 15.3.